The van der Waals surface area contributed by atoms with Crippen LogP contribution in [0.25, 0.3) is 49.7 Å². The highest BCUT2D eigenvalue weighted by atomic mass is 15.1. The molecule has 0 bridgehead atoms. The molecular formula is C55H50N2. The van der Waals surface area contributed by atoms with E-state index >= 15 is 0 Å². The topological polar surface area (TPSA) is 8.17 Å². The van der Waals surface area contributed by atoms with Crippen LogP contribution in [0.15, 0.2) is 140 Å². The molecule has 0 atom stereocenters. The molecule has 0 amide bonds. The summed E-state index contributed by atoms with van der Waals surface area (Å²) < 4.78 is 2.62. The molecule has 2 aliphatic heterocycles. The van der Waals surface area contributed by atoms with Crippen LogP contribution in [0.5, 0.6) is 0 Å². The minimum absolute atomic E-state index is 0.0359. The van der Waals surface area contributed by atoms with Crippen molar-refractivity contribution in [3.63, 3.8) is 0 Å². The minimum Gasteiger partial charge on any atom is -0.310 e. The quantitative estimate of drug-likeness (QED) is 0.175. The third-order valence-corrected chi connectivity index (χ3v) is 14.1. The second-order valence-corrected chi connectivity index (χ2v) is 19.5. The maximum atomic E-state index is 2.62. The number of fused-ring (bicyclic) bond motifs is 4. The molecule has 280 valence electrons. The van der Waals surface area contributed by atoms with Gasteiger partial charge < -0.3 is 9.47 Å². The largest absolute Gasteiger partial charge is 0.310 e. The lowest BCUT2D eigenvalue weighted by Gasteiger charge is -2.42. The normalized spacial score (nSPS) is 16.2. The van der Waals surface area contributed by atoms with Gasteiger partial charge in [-0.05, 0) is 109 Å². The fourth-order valence-electron chi connectivity index (χ4n) is 10.8. The first-order chi connectivity index (χ1) is 27.2. The smallest absolute Gasteiger partial charge is 0.0583 e. The monoisotopic (exact) mass is 738 g/mol. The number of para-hydroxylation sites is 2. The second-order valence-electron chi connectivity index (χ2n) is 19.5. The number of benzene rings is 7. The van der Waals surface area contributed by atoms with E-state index in [4.69, 9.17) is 0 Å². The molecule has 1 aliphatic carbocycles. The summed E-state index contributed by atoms with van der Waals surface area (Å²) in [5, 5.41) is 2.65. The Morgan fingerprint density at radius 2 is 0.965 bits per heavy atom. The summed E-state index contributed by atoms with van der Waals surface area (Å²) in [4.78, 5) is 2.48. The van der Waals surface area contributed by atoms with Crippen LogP contribution in [0.4, 0.5) is 17.1 Å². The zero-order valence-corrected chi connectivity index (χ0v) is 34.7. The van der Waals surface area contributed by atoms with Crippen molar-refractivity contribution in [3.8, 4) is 27.9 Å². The molecule has 3 heterocycles. The van der Waals surface area contributed by atoms with E-state index in [1.165, 1.54) is 94.4 Å². The van der Waals surface area contributed by atoms with Crippen molar-refractivity contribution in [1.82, 2.24) is 4.57 Å². The van der Waals surface area contributed by atoms with Crippen LogP contribution in [0, 0.1) is 0 Å². The summed E-state index contributed by atoms with van der Waals surface area (Å²) in [5.41, 5.74) is 22.2. The lowest BCUT2D eigenvalue weighted by molar-refractivity contribution is 0.590. The van der Waals surface area contributed by atoms with E-state index in [9.17, 15) is 0 Å². The van der Waals surface area contributed by atoms with Crippen LogP contribution in [0.3, 0.4) is 0 Å². The van der Waals surface area contributed by atoms with Gasteiger partial charge in [0.15, 0.2) is 0 Å². The van der Waals surface area contributed by atoms with Gasteiger partial charge in [-0.2, -0.15) is 0 Å². The average molecular weight is 739 g/mol. The van der Waals surface area contributed by atoms with Crippen molar-refractivity contribution >= 4 is 38.9 Å². The van der Waals surface area contributed by atoms with Gasteiger partial charge in [0.05, 0.1) is 16.7 Å². The molecule has 0 saturated carbocycles. The minimum atomic E-state index is -0.204. The first-order valence-corrected chi connectivity index (χ1v) is 20.7. The van der Waals surface area contributed by atoms with Gasteiger partial charge in [-0.25, -0.2) is 0 Å². The van der Waals surface area contributed by atoms with Crippen LogP contribution in [-0.2, 0) is 21.7 Å². The van der Waals surface area contributed by atoms with Crippen molar-refractivity contribution in [2.75, 3.05) is 4.90 Å². The third-order valence-electron chi connectivity index (χ3n) is 14.1. The molecule has 0 saturated heterocycles. The first-order valence-electron chi connectivity index (χ1n) is 20.7. The molecule has 2 nitrogen and oxygen atoms in total. The van der Waals surface area contributed by atoms with Gasteiger partial charge in [-0.3, -0.25) is 0 Å². The molecular weight excluding hydrogens is 689 g/mol. The number of hydrogen-bond donors (Lipinski definition) is 0. The molecule has 1 aromatic heterocycles. The average Bonchev–Trinajstić information content (AvgIpc) is 3.65. The molecule has 0 spiro atoms. The van der Waals surface area contributed by atoms with E-state index in [2.05, 4.69) is 211 Å². The third kappa shape index (κ3) is 4.53. The predicted molar refractivity (Wildman–Crippen MR) is 241 cm³/mol. The van der Waals surface area contributed by atoms with Gasteiger partial charge in [0.1, 0.15) is 0 Å². The van der Waals surface area contributed by atoms with Crippen molar-refractivity contribution in [1.29, 1.82) is 0 Å². The molecule has 0 fully saturated rings. The second kappa shape index (κ2) is 11.2. The summed E-state index contributed by atoms with van der Waals surface area (Å²) in [5.74, 6) is 0. The molecule has 0 radical (unpaired) electrons. The maximum absolute atomic E-state index is 2.62. The van der Waals surface area contributed by atoms with E-state index in [0.29, 0.717) is 0 Å². The Morgan fingerprint density at radius 3 is 1.67 bits per heavy atom. The van der Waals surface area contributed by atoms with Gasteiger partial charge in [0, 0.05) is 44.1 Å². The van der Waals surface area contributed by atoms with E-state index < -0.39 is 0 Å². The summed E-state index contributed by atoms with van der Waals surface area (Å²) in [6.07, 6.45) is 0. The highest BCUT2D eigenvalue weighted by Gasteiger charge is 2.43. The highest BCUT2D eigenvalue weighted by Crippen LogP contribution is 2.56. The summed E-state index contributed by atoms with van der Waals surface area (Å²) in [6.45, 7) is 21.3. The van der Waals surface area contributed by atoms with Crippen molar-refractivity contribution in [2.45, 2.75) is 84.0 Å². The summed E-state index contributed by atoms with van der Waals surface area (Å²) >= 11 is 0. The lowest BCUT2D eigenvalue weighted by Crippen LogP contribution is -2.33. The van der Waals surface area contributed by atoms with E-state index in [1.807, 2.05) is 0 Å². The van der Waals surface area contributed by atoms with Gasteiger partial charge in [0.25, 0.3) is 0 Å². The molecule has 2 heteroatoms. The van der Waals surface area contributed by atoms with Crippen LogP contribution in [-0.4, -0.2) is 4.57 Å². The van der Waals surface area contributed by atoms with Crippen LogP contribution in [0.1, 0.15) is 101 Å². The highest BCUT2D eigenvalue weighted by molar-refractivity contribution is 6.15. The summed E-state index contributed by atoms with van der Waals surface area (Å²) in [6, 6.07) is 53.4. The fraction of sp³-hybridized carbons (Fsp3) is 0.236. The lowest BCUT2D eigenvalue weighted by atomic mass is 9.68. The molecule has 7 aromatic carbocycles. The molecule has 0 unspecified atom stereocenters. The SMILES string of the molecule is CC(C)(C)c1ccc(N(c2ccc(-c3ccc4c(c3)C(C)(C)c3ccccc3-4)cc2)c2cc3c4c(c2)c2cccc5c2n4-c2c(cccc2C3(C)C)C5(C)C)cc1. The zero-order chi connectivity index (χ0) is 39.4. The van der Waals surface area contributed by atoms with E-state index in [-0.39, 0.29) is 21.7 Å². The molecule has 57 heavy (non-hydrogen) atoms. The number of aromatic nitrogens is 1. The van der Waals surface area contributed by atoms with Gasteiger partial charge >= 0.3 is 0 Å². The number of hydrogen-bond acceptors (Lipinski definition) is 1. The molecule has 11 rings (SSSR count). The Balaban J connectivity index is 1.11. The van der Waals surface area contributed by atoms with Crippen molar-refractivity contribution in [3.05, 3.63) is 178 Å². The van der Waals surface area contributed by atoms with Gasteiger partial charge in [-0.15, -0.1) is 0 Å². The maximum Gasteiger partial charge on any atom is 0.0583 e. The number of anilines is 3. The Labute approximate surface area is 337 Å². The zero-order valence-electron chi connectivity index (χ0n) is 34.7. The van der Waals surface area contributed by atoms with Crippen molar-refractivity contribution in [2.24, 2.45) is 0 Å². The number of nitrogens with zero attached hydrogens (tertiary/aromatic N) is 2. The Hall–Kier alpha value is -5.86. The molecule has 0 N–H and O–H groups in total. The first kappa shape index (κ1) is 34.4. The van der Waals surface area contributed by atoms with E-state index in [0.717, 1.165) is 11.4 Å². The fourth-order valence-corrected chi connectivity index (χ4v) is 10.8. The predicted octanol–water partition coefficient (Wildman–Crippen LogP) is 14.8. The van der Waals surface area contributed by atoms with E-state index in [1.54, 1.807) is 0 Å². The standard InChI is InChI=1S/C55H50N2/c1-52(2,3)35-23-27-37(28-24-35)56(36-25-20-33(21-26-36)34-22-29-40-39-14-10-11-16-43(39)53(4,5)47(40)30-34)38-31-42-41-15-12-17-44-49(41)57-50(42)48(32-38)55(8,9)46-19-13-18-45(51(46)57)54(44,6)7/h10-32H,1-9H3. The Bertz CT molecular complexity index is 3000. The summed E-state index contributed by atoms with van der Waals surface area (Å²) in [7, 11) is 0. The molecule has 3 aliphatic rings. The number of rotatable bonds is 4. The van der Waals surface area contributed by atoms with Crippen LogP contribution < -0.4 is 4.90 Å². The van der Waals surface area contributed by atoms with Gasteiger partial charge in [-0.1, -0.05) is 159 Å². The van der Waals surface area contributed by atoms with Crippen molar-refractivity contribution < 1.29 is 0 Å². The Kier molecular flexibility index (Phi) is 6.74. The van der Waals surface area contributed by atoms with Gasteiger partial charge in [0.2, 0.25) is 0 Å². The van der Waals surface area contributed by atoms with Crippen LogP contribution >= 0.6 is 0 Å². The molecule has 8 aromatic rings. The van der Waals surface area contributed by atoms with Crippen LogP contribution in [0.2, 0.25) is 0 Å². The Morgan fingerprint density at radius 1 is 0.421 bits per heavy atom.